The summed E-state index contributed by atoms with van der Waals surface area (Å²) < 4.78 is 7.79. The summed E-state index contributed by atoms with van der Waals surface area (Å²) in [5.41, 5.74) is 3.99. The van der Waals surface area contributed by atoms with E-state index >= 15 is 0 Å². The van der Waals surface area contributed by atoms with Crippen LogP contribution in [-0.4, -0.2) is 4.82 Å². The Morgan fingerprint density at radius 2 is 1.58 bits per heavy atom. The number of halogens is 2. The monoisotopic (exact) mass is 424 g/mol. The van der Waals surface area contributed by atoms with Gasteiger partial charge in [0.15, 0.2) is 0 Å². The second-order valence-electron chi connectivity index (χ2n) is 7.17. The predicted octanol–water partition coefficient (Wildman–Crippen LogP) is 6.80. The van der Waals surface area contributed by atoms with Crippen molar-refractivity contribution in [1.29, 1.82) is 0 Å². The molecule has 0 fully saturated rings. The Bertz CT molecular complexity index is 818. The molecule has 0 unspecified atom stereocenters. The molecule has 4 heteroatoms. The van der Waals surface area contributed by atoms with Crippen molar-refractivity contribution in [1.82, 2.24) is 0 Å². The normalized spacial score (nSPS) is 13.0. The van der Waals surface area contributed by atoms with Gasteiger partial charge in [0.05, 0.1) is 0 Å². The van der Waals surface area contributed by atoms with E-state index in [9.17, 15) is 0 Å². The average molecular weight is 425 g/mol. The summed E-state index contributed by atoms with van der Waals surface area (Å²) in [5.74, 6) is 0.939. The summed E-state index contributed by atoms with van der Waals surface area (Å²) in [6, 6.07) is 18.8. The molecular formula is C22H26Cl2OTi. The van der Waals surface area contributed by atoms with Crippen LogP contribution in [0.2, 0.25) is 0 Å². The fourth-order valence-corrected chi connectivity index (χ4v) is 5.60. The number of allylic oxidation sites excluding steroid dienone is 4. The summed E-state index contributed by atoms with van der Waals surface area (Å²) in [6.07, 6.45) is 5.51. The summed E-state index contributed by atoms with van der Waals surface area (Å²) in [5, 5.41) is 0. The molecule has 0 spiro atoms. The fraction of sp³-hybridized carbons (Fsp3) is 0.227. The second kappa shape index (κ2) is 9.71. The van der Waals surface area contributed by atoms with E-state index in [1.54, 1.807) is 0 Å². The molecule has 26 heavy (non-hydrogen) atoms. The summed E-state index contributed by atoms with van der Waals surface area (Å²) in [6.45, 7) is 6.79. The predicted molar refractivity (Wildman–Crippen MR) is 114 cm³/mol. The van der Waals surface area contributed by atoms with Crippen LogP contribution in [0.3, 0.4) is 0 Å². The van der Waals surface area contributed by atoms with Crippen molar-refractivity contribution in [2.24, 2.45) is 5.41 Å². The van der Waals surface area contributed by atoms with Crippen molar-refractivity contribution >= 4 is 29.6 Å². The zero-order valence-corrected chi connectivity index (χ0v) is 18.7. The summed E-state index contributed by atoms with van der Waals surface area (Å²) in [4.78, 5) is 4.43. The van der Waals surface area contributed by atoms with Crippen LogP contribution in [0.15, 0.2) is 76.2 Å². The van der Waals surface area contributed by atoms with Gasteiger partial charge in [0, 0.05) is 0 Å². The van der Waals surface area contributed by atoms with Gasteiger partial charge >= 0.3 is 152 Å². The standard InChI is InChI=1S/C12H10O.C9H13.CH2.2ClH.Ti/c13-12-8-4-7-11(9-12)10-5-2-1-3-6-10;1-9(2,3)8-6-4-5-7-8;;;;/h1-9,13H;4,6H,5H2,1-3H3;1H2;2*1H;/q;;;;;+1/p-1. The Labute approximate surface area is 175 Å². The van der Waals surface area contributed by atoms with E-state index in [2.05, 4.69) is 80.2 Å². The van der Waals surface area contributed by atoms with Gasteiger partial charge in [0.25, 0.3) is 0 Å². The van der Waals surface area contributed by atoms with E-state index in [4.69, 9.17) is 3.32 Å². The molecule has 0 aromatic heterocycles. The maximum absolute atomic E-state index is 6.34. The molecule has 138 valence electrons. The molecule has 0 saturated heterocycles. The Morgan fingerprint density at radius 3 is 2.23 bits per heavy atom. The van der Waals surface area contributed by atoms with Crippen LogP contribution in [0.25, 0.3) is 11.1 Å². The molecule has 0 saturated carbocycles. The Balaban J connectivity index is 0.00000169. The van der Waals surface area contributed by atoms with Crippen LogP contribution < -0.4 is 3.32 Å². The topological polar surface area (TPSA) is 9.23 Å². The van der Waals surface area contributed by atoms with Crippen molar-refractivity contribution in [2.45, 2.75) is 27.2 Å². The number of hydrogen-bond donors (Lipinski definition) is 0. The molecule has 0 bridgehead atoms. The van der Waals surface area contributed by atoms with Gasteiger partial charge < -0.3 is 0 Å². The third-order valence-electron chi connectivity index (χ3n) is 4.26. The van der Waals surface area contributed by atoms with Gasteiger partial charge in [-0.3, -0.25) is 0 Å². The first-order valence-corrected chi connectivity index (χ1v) is 10.9. The van der Waals surface area contributed by atoms with Gasteiger partial charge in [-0.25, -0.2) is 0 Å². The molecule has 0 atom stereocenters. The zero-order chi connectivity index (χ0) is 17.2. The van der Waals surface area contributed by atoms with E-state index in [1.807, 2.05) is 12.1 Å². The van der Waals surface area contributed by atoms with Crippen molar-refractivity contribution in [2.75, 3.05) is 0 Å². The fourth-order valence-electron chi connectivity index (χ4n) is 3.05. The number of hydrogen-bond acceptors (Lipinski definition) is 1. The quantitative estimate of drug-likeness (QED) is 0.490. The first-order chi connectivity index (χ1) is 11.4. The summed E-state index contributed by atoms with van der Waals surface area (Å²) >= 11 is -1.99. The molecule has 0 heterocycles. The molecular weight excluding hydrogens is 399 g/mol. The van der Waals surface area contributed by atoms with E-state index in [1.165, 1.54) is 20.6 Å². The van der Waals surface area contributed by atoms with Gasteiger partial charge in [-0.05, 0) is 0 Å². The molecule has 1 nitrogen and oxygen atoms in total. The van der Waals surface area contributed by atoms with E-state index < -0.39 is 17.8 Å². The van der Waals surface area contributed by atoms with E-state index in [0.717, 1.165) is 12.2 Å². The van der Waals surface area contributed by atoms with Crippen LogP contribution in [0.1, 0.15) is 27.2 Å². The molecule has 0 amide bonds. The van der Waals surface area contributed by atoms with E-state index in [0.29, 0.717) is 0 Å². The van der Waals surface area contributed by atoms with Crippen LogP contribution in [-0.2, 0) is 17.8 Å². The van der Waals surface area contributed by atoms with Gasteiger partial charge in [-0.2, -0.15) is 0 Å². The molecule has 1 aliphatic rings. The third-order valence-corrected chi connectivity index (χ3v) is 6.80. The Hall–Kier alpha value is -1.12. The van der Waals surface area contributed by atoms with Crippen molar-refractivity contribution in [3.8, 4) is 16.9 Å². The second-order valence-corrected chi connectivity index (χ2v) is 9.75. The molecule has 1 aliphatic carbocycles. The molecule has 0 aliphatic heterocycles. The molecule has 2 aromatic carbocycles. The summed E-state index contributed by atoms with van der Waals surface area (Å²) in [7, 11) is 0. The average Bonchev–Trinajstić information content (AvgIpc) is 3.06. The van der Waals surface area contributed by atoms with Gasteiger partial charge in [-0.15, -0.1) is 24.8 Å². The molecule has 0 N–H and O–H groups in total. The van der Waals surface area contributed by atoms with Crippen LogP contribution in [0.5, 0.6) is 5.75 Å². The SMILES string of the molecule is Cl.Cl.[CH2]=[Ti]([O]c1cccc(-c2ccccc2)c1)[C]1=C(C(C)(C)C)C=CC1. The van der Waals surface area contributed by atoms with Crippen molar-refractivity contribution in [3.63, 3.8) is 0 Å². The first-order valence-electron chi connectivity index (χ1n) is 8.38. The zero-order valence-electron chi connectivity index (χ0n) is 15.5. The first kappa shape index (κ1) is 22.9. The van der Waals surface area contributed by atoms with Crippen LogP contribution in [0.4, 0.5) is 0 Å². The maximum atomic E-state index is 6.34. The van der Waals surface area contributed by atoms with Gasteiger partial charge in [0.1, 0.15) is 0 Å². The minimum atomic E-state index is -1.99. The van der Waals surface area contributed by atoms with Gasteiger partial charge in [-0.1, -0.05) is 0 Å². The molecule has 3 rings (SSSR count). The molecule has 0 radical (unpaired) electrons. The van der Waals surface area contributed by atoms with Crippen molar-refractivity contribution in [3.05, 3.63) is 76.2 Å². The van der Waals surface area contributed by atoms with Crippen LogP contribution >= 0.6 is 24.8 Å². The van der Waals surface area contributed by atoms with E-state index in [-0.39, 0.29) is 30.2 Å². The Morgan fingerprint density at radius 1 is 0.923 bits per heavy atom. The third kappa shape index (κ3) is 5.44. The number of rotatable bonds is 4. The molecule has 2 aromatic rings. The van der Waals surface area contributed by atoms with Crippen LogP contribution in [0, 0.1) is 5.41 Å². The number of benzene rings is 2. The Kier molecular flexibility index (Phi) is 8.56. The minimum absolute atomic E-state index is 0. The van der Waals surface area contributed by atoms with Gasteiger partial charge in [0.2, 0.25) is 0 Å². The van der Waals surface area contributed by atoms with Crippen molar-refractivity contribution < 1.29 is 21.1 Å².